The third kappa shape index (κ3) is 25.8. The second kappa shape index (κ2) is 30.8. The molecule has 0 spiro atoms. The van der Waals surface area contributed by atoms with Gasteiger partial charge in [-0.2, -0.15) is 8.42 Å². The highest BCUT2D eigenvalue weighted by Gasteiger charge is 2.14. The number of ether oxygens (including phenoxy) is 10. The van der Waals surface area contributed by atoms with Crippen molar-refractivity contribution in [2.45, 2.75) is 18.4 Å². The Morgan fingerprint density at radius 1 is 0.510 bits per heavy atom. The van der Waals surface area contributed by atoms with Crippen molar-refractivity contribution in [3.63, 3.8) is 0 Å². The van der Waals surface area contributed by atoms with Crippen molar-refractivity contribution in [1.29, 1.82) is 0 Å². The maximum absolute atomic E-state index is 12.1. The number of benzene rings is 2. The van der Waals surface area contributed by atoms with E-state index in [1.165, 1.54) is 12.1 Å². The smallest absolute Gasteiger partial charge is 0.407 e. The van der Waals surface area contributed by atoms with Gasteiger partial charge in [-0.15, -0.1) is 0 Å². The molecule has 0 saturated heterocycles. The van der Waals surface area contributed by atoms with Crippen molar-refractivity contribution in [3.8, 4) is 0 Å². The molecule has 16 heteroatoms. The zero-order chi connectivity index (χ0) is 36.5. The SMILES string of the molecule is Cc1ccc(S(=O)(=O)OCCOCCOCCOCCOCCOCCOCCOCCOCCOCCNC(=O)OCc2ccccc2)cc1. The highest BCUT2D eigenvalue weighted by molar-refractivity contribution is 7.86. The number of aryl methyl sites for hydroxylation is 1. The molecule has 0 aromatic heterocycles. The fourth-order valence-corrected chi connectivity index (χ4v) is 4.73. The average molecular weight is 746 g/mol. The molecule has 0 heterocycles. The Morgan fingerprint density at radius 3 is 1.29 bits per heavy atom. The van der Waals surface area contributed by atoms with Gasteiger partial charge in [0.25, 0.3) is 10.1 Å². The molecule has 0 radical (unpaired) electrons. The van der Waals surface area contributed by atoms with Crippen molar-refractivity contribution in [2.75, 3.05) is 132 Å². The largest absolute Gasteiger partial charge is 0.445 e. The lowest BCUT2D eigenvalue weighted by atomic mass is 10.2. The van der Waals surface area contributed by atoms with Crippen LogP contribution in [0.1, 0.15) is 11.1 Å². The van der Waals surface area contributed by atoms with Crippen LogP contribution in [-0.4, -0.2) is 147 Å². The van der Waals surface area contributed by atoms with E-state index in [9.17, 15) is 13.2 Å². The molecular formula is C35H55NO14S. The summed E-state index contributed by atoms with van der Waals surface area (Å²) in [6.45, 7) is 9.91. The number of hydrogen-bond donors (Lipinski definition) is 1. The Balaban J connectivity index is 1.18. The third-order valence-electron chi connectivity index (χ3n) is 6.48. The zero-order valence-corrected chi connectivity index (χ0v) is 30.5. The zero-order valence-electron chi connectivity index (χ0n) is 29.7. The minimum atomic E-state index is -3.78. The van der Waals surface area contributed by atoms with Crippen LogP contribution in [0.4, 0.5) is 4.79 Å². The van der Waals surface area contributed by atoms with E-state index in [0.717, 1.165) is 11.1 Å². The molecule has 2 aromatic rings. The van der Waals surface area contributed by atoms with Crippen LogP contribution in [0.2, 0.25) is 0 Å². The van der Waals surface area contributed by atoms with Crippen LogP contribution in [0.3, 0.4) is 0 Å². The first-order chi connectivity index (χ1) is 25.0. The lowest BCUT2D eigenvalue weighted by molar-refractivity contribution is -0.0253. The molecular weight excluding hydrogens is 690 g/mol. The van der Waals surface area contributed by atoms with Gasteiger partial charge in [0.15, 0.2) is 0 Å². The van der Waals surface area contributed by atoms with Crippen molar-refractivity contribution < 1.29 is 64.8 Å². The van der Waals surface area contributed by atoms with Crippen LogP contribution in [0.5, 0.6) is 0 Å². The summed E-state index contributed by atoms with van der Waals surface area (Å²) in [5, 5.41) is 2.64. The van der Waals surface area contributed by atoms with Gasteiger partial charge >= 0.3 is 6.09 Å². The highest BCUT2D eigenvalue weighted by atomic mass is 32.2. The lowest BCUT2D eigenvalue weighted by Gasteiger charge is -2.09. The molecule has 0 unspecified atom stereocenters. The quantitative estimate of drug-likeness (QED) is 0.0822. The predicted molar refractivity (Wildman–Crippen MR) is 186 cm³/mol. The molecule has 15 nitrogen and oxygen atoms in total. The monoisotopic (exact) mass is 745 g/mol. The standard InChI is InChI=1S/C35H55NO14S/c1-32-7-9-34(10-8-32)51(38,39)50-30-29-48-28-27-47-26-25-46-24-23-45-22-21-44-20-19-43-18-17-42-16-15-41-14-13-40-12-11-36-35(37)49-31-33-5-3-2-4-6-33/h2-10H,11-31H2,1H3,(H,36,37). The normalized spacial score (nSPS) is 11.5. The molecule has 0 atom stereocenters. The fraction of sp³-hybridized carbons (Fsp3) is 0.629. The van der Waals surface area contributed by atoms with Gasteiger partial charge in [-0.05, 0) is 24.6 Å². The summed E-state index contributed by atoms with van der Waals surface area (Å²) in [5.74, 6) is 0. The highest BCUT2D eigenvalue weighted by Crippen LogP contribution is 2.13. The summed E-state index contributed by atoms with van der Waals surface area (Å²) >= 11 is 0. The van der Waals surface area contributed by atoms with Gasteiger partial charge in [0.05, 0.1) is 130 Å². The molecule has 51 heavy (non-hydrogen) atoms. The van der Waals surface area contributed by atoms with E-state index in [4.69, 9.17) is 51.6 Å². The van der Waals surface area contributed by atoms with Crippen LogP contribution in [0.15, 0.2) is 59.5 Å². The van der Waals surface area contributed by atoms with Crippen LogP contribution in [0.25, 0.3) is 0 Å². The second-order valence-electron chi connectivity index (χ2n) is 10.6. The molecule has 0 saturated carbocycles. The number of carbonyl (C=O) groups is 1. The molecule has 0 fully saturated rings. The second-order valence-corrected chi connectivity index (χ2v) is 12.2. The Bertz CT molecular complexity index is 1200. The average Bonchev–Trinajstić information content (AvgIpc) is 3.13. The Kier molecular flexibility index (Phi) is 26.9. The lowest BCUT2D eigenvalue weighted by Crippen LogP contribution is -2.28. The Labute approximate surface area is 302 Å². The number of amides is 1. The number of hydrogen-bond acceptors (Lipinski definition) is 14. The van der Waals surface area contributed by atoms with Crippen molar-refractivity contribution in [3.05, 3.63) is 65.7 Å². The van der Waals surface area contributed by atoms with Gasteiger partial charge in [-0.1, -0.05) is 48.0 Å². The van der Waals surface area contributed by atoms with E-state index in [2.05, 4.69) is 5.32 Å². The van der Waals surface area contributed by atoms with Gasteiger partial charge < -0.3 is 52.7 Å². The molecule has 0 aliphatic rings. The number of carbonyl (C=O) groups excluding carboxylic acids is 1. The van der Waals surface area contributed by atoms with E-state index in [0.29, 0.717) is 119 Å². The summed E-state index contributed by atoms with van der Waals surface area (Å²) < 4.78 is 83.2. The summed E-state index contributed by atoms with van der Waals surface area (Å²) in [5.41, 5.74) is 1.90. The third-order valence-corrected chi connectivity index (χ3v) is 7.81. The molecule has 290 valence electrons. The predicted octanol–water partition coefficient (Wildman–Crippen LogP) is 2.78. The summed E-state index contributed by atoms with van der Waals surface area (Å²) in [6, 6.07) is 15.9. The Morgan fingerprint density at radius 2 is 0.882 bits per heavy atom. The van der Waals surface area contributed by atoms with Gasteiger partial charge in [-0.25, -0.2) is 4.79 Å². The fourth-order valence-electron chi connectivity index (χ4n) is 3.84. The van der Waals surface area contributed by atoms with Gasteiger partial charge in [0, 0.05) is 6.54 Å². The van der Waals surface area contributed by atoms with Crippen molar-refractivity contribution >= 4 is 16.2 Å². The number of alkyl carbamates (subject to hydrolysis) is 1. The molecule has 2 rings (SSSR count). The van der Waals surface area contributed by atoms with Crippen LogP contribution in [0, 0.1) is 6.92 Å². The topological polar surface area (TPSA) is 165 Å². The van der Waals surface area contributed by atoms with E-state index < -0.39 is 16.2 Å². The molecule has 1 amide bonds. The first kappa shape index (κ1) is 44.4. The number of rotatable bonds is 34. The molecule has 1 N–H and O–H groups in total. The van der Waals surface area contributed by atoms with Crippen LogP contribution >= 0.6 is 0 Å². The Hall–Kier alpha value is -2.74. The van der Waals surface area contributed by atoms with Crippen molar-refractivity contribution in [2.24, 2.45) is 0 Å². The van der Waals surface area contributed by atoms with E-state index in [-0.39, 0.29) is 24.7 Å². The molecule has 0 aliphatic carbocycles. The van der Waals surface area contributed by atoms with E-state index in [1.807, 2.05) is 37.3 Å². The van der Waals surface area contributed by atoms with Crippen molar-refractivity contribution in [1.82, 2.24) is 5.32 Å². The van der Waals surface area contributed by atoms with E-state index in [1.54, 1.807) is 12.1 Å². The van der Waals surface area contributed by atoms with E-state index >= 15 is 0 Å². The maximum atomic E-state index is 12.1. The molecule has 0 bridgehead atoms. The minimum absolute atomic E-state index is 0.0650. The first-order valence-corrected chi connectivity index (χ1v) is 18.5. The summed E-state index contributed by atoms with van der Waals surface area (Å²) in [4.78, 5) is 11.8. The first-order valence-electron chi connectivity index (χ1n) is 17.1. The van der Waals surface area contributed by atoms with Crippen LogP contribution in [-0.2, 0) is 68.3 Å². The summed E-state index contributed by atoms with van der Waals surface area (Å²) in [6.07, 6.45) is -0.477. The van der Waals surface area contributed by atoms with Gasteiger partial charge in [0.2, 0.25) is 0 Å². The van der Waals surface area contributed by atoms with Crippen LogP contribution < -0.4 is 5.32 Å². The maximum Gasteiger partial charge on any atom is 0.407 e. The number of nitrogens with one attached hydrogen (secondary N) is 1. The summed E-state index contributed by atoms with van der Waals surface area (Å²) in [7, 11) is -3.78. The van der Waals surface area contributed by atoms with Gasteiger partial charge in [0.1, 0.15) is 6.61 Å². The minimum Gasteiger partial charge on any atom is -0.445 e. The molecule has 2 aromatic carbocycles. The van der Waals surface area contributed by atoms with Gasteiger partial charge in [-0.3, -0.25) is 4.18 Å². The molecule has 0 aliphatic heterocycles.